The first kappa shape index (κ1) is 11.9. The molecule has 0 spiro atoms. The summed E-state index contributed by atoms with van der Waals surface area (Å²) in [6.07, 6.45) is 2.53. The summed E-state index contributed by atoms with van der Waals surface area (Å²) >= 11 is 5.89. The quantitative estimate of drug-likeness (QED) is 0.726. The minimum atomic E-state index is 0.221. The number of halogens is 1. The van der Waals surface area contributed by atoms with E-state index < -0.39 is 0 Å². The molecular weight excluding hydrogens is 262 g/mol. The number of nitroso groups, excluding NO2 is 1. The predicted molar refractivity (Wildman–Crippen MR) is 75.8 cm³/mol. The zero-order valence-corrected chi connectivity index (χ0v) is 10.7. The third-order valence-corrected chi connectivity index (χ3v) is 3.25. The maximum Gasteiger partial charge on any atom is 0.154 e. The summed E-state index contributed by atoms with van der Waals surface area (Å²) in [5.41, 5.74) is 3.00. The van der Waals surface area contributed by atoms with Crippen molar-refractivity contribution < 1.29 is 0 Å². The van der Waals surface area contributed by atoms with Crippen molar-refractivity contribution in [3.63, 3.8) is 0 Å². The Balaban J connectivity index is 2.04. The van der Waals surface area contributed by atoms with Crippen LogP contribution in [0.15, 0.2) is 47.8 Å². The molecule has 0 aliphatic rings. The highest BCUT2D eigenvalue weighted by Crippen LogP contribution is 2.33. The summed E-state index contributed by atoms with van der Waals surface area (Å²) in [4.78, 5) is 17.9. The molecule has 0 atom stereocenters. The molecule has 94 valence electrons. The lowest BCUT2D eigenvalue weighted by atomic mass is 10.1. The zero-order valence-electron chi connectivity index (χ0n) is 9.93. The Hall–Kier alpha value is -2.20. The van der Waals surface area contributed by atoms with Crippen molar-refractivity contribution in [2.24, 2.45) is 5.18 Å². The van der Waals surface area contributed by atoms with Gasteiger partial charge in [-0.15, -0.1) is 4.91 Å². The van der Waals surface area contributed by atoms with Crippen LogP contribution in [0.2, 0.25) is 5.15 Å². The van der Waals surface area contributed by atoms with E-state index in [1.807, 2.05) is 36.4 Å². The van der Waals surface area contributed by atoms with Crippen molar-refractivity contribution in [3.05, 3.63) is 63.8 Å². The van der Waals surface area contributed by atoms with Gasteiger partial charge in [-0.05, 0) is 28.8 Å². The zero-order chi connectivity index (χ0) is 13.2. The fourth-order valence-electron chi connectivity index (χ4n) is 2.09. The third-order valence-electron chi connectivity index (χ3n) is 2.98. The molecule has 4 nitrogen and oxygen atoms in total. The Kier molecular flexibility index (Phi) is 3.01. The Morgan fingerprint density at radius 1 is 1.21 bits per heavy atom. The number of rotatable bonds is 3. The number of H-pyrrole nitrogens is 1. The topological polar surface area (TPSA) is 58.1 Å². The number of nitrogens with zero attached hydrogens (tertiary/aromatic N) is 2. The molecule has 0 aliphatic heterocycles. The molecule has 0 saturated carbocycles. The van der Waals surface area contributed by atoms with Gasteiger partial charge in [-0.1, -0.05) is 41.9 Å². The number of aromatic nitrogens is 2. The van der Waals surface area contributed by atoms with Gasteiger partial charge in [0.2, 0.25) is 0 Å². The predicted octanol–water partition coefficient (Wildman–Crippen LogP) is 4.21. The summed E-state index contributed by atoms with van der Waals surface area (Å²) < 4.78 is 0. The lowest BCUT2D eigenvalue weighted by Gasteiger charge is -2.01. The Bertz CT molecular complexity index is 737. The van der Waals surface area contributed by atoms with E-state index in [4.69, 9.17) is 11.6 Å². The van der Waals surface area contributed by atoms with Crippen LogP contribution < -0.4 is 0 Å². The first-order valence-corrected chi connectivity index (χ1v) is 6.19. The number of hydrogen-bond acceptors (Lipinski definition) is 3. The van der Waals surface area contributed by atoms with E-state index in [0.717, 1.165) is 12.0 Å². The highest BCUT2D eigenvalue weighted by molar-refractivity contribution is 6.33. The maximum absolute atomic E-state index is 10.8. The summed E-state index contributed by atoms with van der Waals surface area (Å²) in [7, 11) is 0. The summed E-state index contributed by atoms with van der Waals surface area (Å²) in [5.74, 6) is 0. The summed E-state index contributed by atoms with van der Waals surface area (Å²) in [6, 6.07) is 12.0. The van der Waals surface area contributed by atoms with Crippen LogP contribution >= 0.6 is 11.6 Å². The van der Waals surface area contributed by atoms with E-state index in [1.165, 1.54) is 5.56 Å². The molecule has 5 heteroatoms. The number of aromatic amines is 1. The van der Waals surface area contributed by atoms with Gasteiger partial charge in [0.05, 0.1) is 0 Å². The second-order valence-corrected chi connectivity index (χ2v) is 4.66. The van der Waals surface area contributed by atoms with Gasteiger partial charge in [-0.3, -0.25) is 0 Å². The van der Waals surface area contributed by atoms with Gasteiger partial charge in [0.1, 0.15) is 10.8 Å². The van der Waals surface area contributed by atoms with Crippen molar-refractivity contribution in [1.29, 1.82) is 0 Å². The van der Waals surface area contributed by atoms with Crippen molar-refractivity contribution in [3.8, 4) is 0 Å². The molecule has 0 aliphatic carbocycles. The molecule has 0 saturated heterocycles. The highest BCUT2D eigenvalue weighted by atomic mass is 35.5. The van der Waals surface area contributed by atoms with E-state index in [-0.39, 0.29) is 10.8 Å². The molecule has 0 amide bonds. The molecular formula is C14H10ClN3O. The second kappa shape index (κ2) is 4.82. The first-order valence-electron chi connectivity index (χ1n) is 5.81. The molecule has 3 rings (SSSR count). The minimum Gasteiger partial charge on any atom is -0.328 e. The van der Waals surface area contributed by atoms with Gasteiger partial charge < -0.3 is 4.98 Å². The van der Waals surface area contributed by atoms with Crippen LogP contribution in [-0.4, -0.2) is 9.97 Å². The molecule has 19 heavy (non-hydrogen) atoms. The largest absolute Gasteiger partial charge is 0.328 e. The van der Waals surface area contributed by atoms with Crippen LogP contribution in [0, 0.1) is 4.91 Å². The second-order valence-electron chi connectivity index (χ2n) is 4.28. The fraction of sp³-hybridized carbons (Fsp3) is 0.0714. The number of nitrogens with one attached hydrogen (secondary N) is 1. The van der Waals surface area contributed by atoms with Gasteiger partial charge in [0.15, 0.2) is 5.69 Å². The molecule has 2 heterocycles. The van der Waals surface area contributed by atoms with Crippen molar-refractivity contribution >= 4 is 28.3 Å². The van der Waals surface area contributed by atoms with Gasteiger partial charge in [0.25, 0.3) is 0 Å². The van der Waals surface area contributed by atoms with Crippen molar-refractivity contribution in [1.82, 2.24) is 9.97 Å². The molecule has 0 fully saturated rings. The Morgan fingerprint density at radius 3 is 2.74 bits per heavy atom. The van der Waals surface area contributed by atoms with E-state index in [1.54, 1.807) is 6.20 Å². The average Bonchev–Trinajstić information content (AvgIpc) is 2.74. The van der Waals surface area contributed by atoms with E-state index in [2.05, 4.69) is 15.1 Å². The standard InChI is InChI=1S/C14H10ClN3O/c15-13-12(18-19)11-7-10(8-16-14(11)17-13)6-9-4-2-1-3-5-9/h1-5,7-8H,6H2,(H,16,17). The van der Waals surface area contributed by atoms with Crippen molar-refractivity contribution in [2.45, 2.75) is 6.42 Å². The number of hydrogen-bond donors (Lipinski definition) is 1. The minimum absolute atomic E-state index is 0.221. The van der Waals surface area contributed by atoms with Crippen LogP contribution in [0.25, 0.3) is 11.0 Å². The molecule has 1 aromatic carbocycles. The lowest BCUT2D eigenvalue weighted by molar-refractivity contribution is 1.16. The first-order chi connectivity index (χ1) is 9.28. The van der Waals surface area contributed by atoms with Crippen LogP contribution in [-0.2, 0) is 6.42 Å². The number of fused-ring (bicyclic) bond motifs is 1. The molecule has 1 N–H and O–H groups in total. The van der Waals surface area contributed by atoms with E-state index in [0.29, 0.717) is 11.0 Å². The highest BCUT2D eigenvalue weighted by Gasteiger charge is 2.12. The van der Waals surface area contributed by atoms with Gasteiger partial charge in [-0.25, -0.2) is 4.98 Å². The average molecular weight is 272 g/mol. The van der Waals surface area contributed by atoms with Crippen LogP contribution in [0.1, 0.15) is 11.1 Å². The Labute approximate surface area is 114 Å². The van der Waals surface area contributed by atoms with E-state index >= 15 is 0 Å². The molecule has 0 bridgehead atoms. The summed E-state index contributed by atoms with van der Waals surface area (Å²) in [6.45, 7) is 0. The molecule has 0 radical (unpaired) electrons. The maximum atomic E-state index is 10.8. The lowest BCUT2D eigenvalue weighted by Crippen LogP contribution is -1.89. The molecule has 2 aromatic heterocycles. The summed E-state index contributed by atoms with van der Waals surface area (Å²) in [5, 5.41) is 3.84. The third kappa shape index (κ3) is 2.22. The smallest absolute Gasteiger partial charge is 0.154 e. The molecule has 0 unspecified atom stereocenters. The van der Waals surface area contributed by atoms with Gasteiger partial charge in [0, 0.05) is 11.6 Å². The van der Waals surface area contributed by atoms with E-state index in [9.17, 15) is 4.91 Å². The van der Waals surface area contributed by atoms with Crippen LogP contribution in [0.4, 0.5) is 5.69 Å². The van der Waals surface area contributed by atoms with Gasteiger partial charge >= 0.3 is 0 Å². The molecule has 3 aromatic rings. The Morgan fingerprint density at radius 2 is 2.00 bits per heavy atom. The monoisotopic (exact) mass is 271 g/mol. The normalized spacial score (nSPS) is 10.8. The SMILES string of the molecule is O=Nc1c(Cl)[nH]c2ncc(Cc3ccccc3)cc12. The van der Waals surface area contributed by atoms with Crippen LogP contribution in [0.3, 0.4) is 0 Å². The van der Waals surface area contributed by atoms with Gasteiger partial charge in [-0.2, -0.15) is 0 Å². The van der Waals surface area contributed by atoms with Crippen LogP contribution in [0.5, 0.6) is 0 Å². The number of benzene rings is 1. The van der Waals surface area contributed by atoms with Crippen molar-refractivity contribution in [2.75, 3.05) is 0 Å². The fourth-order valence-corrected chi connectivity index (χ4v) is 2.31. The number of pyridine rings is 1.